The number of nitrogens with one attached hydrogen (secondary N) is 1. The van der Waals surface area contributed by atoms with Crippen LogP contribution in [-0.2, 0) is 6.42 Å². The Hall–Kier alpha value is -2.82. The number of hydrogen-bond acceptors (Lipinski definition) is 3. The van der Waals surface area contributed by atoms with Gasteiger partial charge < -0.3 is 14.4 Å². The zero-order valence-corrected chi connectivity index (χ0v) is 12.3. The van der Waals surface area contributed by atoms with Crippen molar-refractivity contribution in [2.75, 3.05) is 6.54 Å². The molecule has 1 amide bonds. The summed E-state index contributed by atoms with van der Waals surface area (Å²) in [7, 11) is 0. The molecule has 0 saturated heterocycles. The minimum Gasteiger partial charge on any atom is -0.361 e. The predicted molar refractivity (Wildman–Crippen MR) is 83.0 cm³/mol. The summed E-state index contributed by atoms with van der Waals surface area (Å²) in [6, 6.07) is 13.3. The van der Waals surface area contributed by atoms with Crippen LogP contribution in [0.3, 0.4) is 0 Å². The first-order valence-corrected chi connectivity index (χ1v) is 7.16. The van der Waals surface area contributed by atoms with Crippen LogP contribution in [0.15, 0.2) is 59.4 Å². The Morgan fingerprint density at radius 3 is 2.59 bits per heavy atom. The van der Waals surface area contributed by atoms with E-state index in [0.29, 0.717) is 18.5 Å². The van der Waals surface area contributed by atoms with Gasteiger partial charge in [-0.2, -0.15) is 0 Å². The van der Waals surface area contributed by atoms with Gasteiger partial charge in [0.15, 0.2) is 0 Å². The van der Waals surface area contributed by atoms with E-state index in [4.69, 9.17) is 4.52 Å². The highest BCUT2D eigenvalue weighted by molar-refractivity contribution is 5.94. The fourth-order valence-electron chi connectivity index (χ4n) is 2.23. The number of hydrogen-bond donors (Lipinski definition) is 1. The van der Waals surface area contributed by atoms with Crippen LogP contribution in [0.4, 0.5) is 0 Å². The minimum atomic E-state index is -0.0840. The molecule has 22 heavy (non-hydrogen) atoms. The molecule has 1 N–H and O–H groups in total. The Bertz CT molecular complexity index is 743. The molecule has 0 aliphatic heterocycles. The van der Waals surface area contributed by atoms with Gasteiger partial charge in [-0.1, -0.05) is 5.16 Å². The van der Waals surface area contributed by atoms with Gasteiger partial charge in [-0.25, -0.2) is 0 Å². The first-order valence-electron chi connectivity index (χ1n) is 7.16. The molecule has 2 heterocycles. The summed E-state index contributed by atoms with van der Waals surface area (Å²) in [5.41, 5.74) is 2.52. The van der Waals surface area contributed by atoms with Crippen molar-refractivity contribution < 1.29 is 9.32 Å². The number of carbonyl (C=O) groups is 1. The van der Waals surface area contributed by atoms with E-state index >= 15 is 0 Å². The normalized spacial score (nSPS) is 10.6. The molecular formula is C17H17N3O2. The lowest BCUT2D eigenvalue weighted by Gasteiger charge is -2.06. The van der Waals surface area contributed by atoms with Crippen molar-refractivity contribution in [2.24, 2.45) is 0 Å². The molecule has 3 aromatic rings. The number of amides is 1. The fourth-order valence-corrected chi connectivity index (χ4v) is 2.23. The molecule has 0 spiro atoms. The van der Waals surface area contributed by atoms with Crippen molar-refractivity contribution in [3.8, 4) is 5.69 Å². The van der Waals surface area contributed by atoms with E-state index in [0.717, 1.165) is 17.1 Å². The Kier molecular flexibility index (Phi) is 4.05. The lowest BCUT2D eigenvalue weighted by Crippen LogP contribution is -2.25. The van der Waals surface area contributed by atoms with Crippen LogP contribution in [0.1, 0.15) is 21.8 Å². The Labute approximate surface area is 128 Å². The molecule has 1 aromatic carbocycles. The summed E-state index contributed by atoms with van der Waals surface area (Å²) in [4.78, 5) is 12.1. The van der Waals surface area contributed by atoms with E-state index in [-0.39, 0.29) is 5.91 Å². The maximum absolute atomic E-state index is 12.1. The highest BCUT2D eigenvalue weighted by Crippen LogP contribution is 2.10. The van der Waals surface area contributed by atoms with Crippen LogP contribution in [0, 0.1) is 6.92 Å². The lowest BCUT2D eigenvalue weighted by atomic mass is 10.2. The third kappa shape index (κ3) is 3.25. The Morgan fingerprint density at radius 1 is 1.23 bits per heavy atom. The quantitative estimate of drug-likeness (QED) is 0.787. The third-order valence-electron chi connectivity index (χ3n) is 3.38. The van der Waals surface area contributed by atoms with Crippen molar-refractivity contribution >= 4 is 5.91 Å². The van der Waals surface area contributed by atoms with Crippen LogP contribution < -0.4 is 5.32 Å². The monoisotopic (exact) mass is 295 g/mol. The number of carbonyl (C=O) groups excluding carboxylic acids is 1. The van der Waals surface area contributed by atoms with Gasteiger partial charge in [0.05, 0.1) is 5.69 Å². The number of rotatable bonds is 5. The summed E-state index contributed by atoms with van der Waals surface area (Å²) in [5, 5.41) is 6.78. The standard InChI is InChI=1S/C17H17N3O2/c1-13-12-15(19-22-13)8-9-18-17(21)14-4-6-16(7-5-14)20-10-2-3-11-20/h2-7,10-12H,8-9H2,1H3,(H,18,21). The highest BCUT2D eigenvalue weighted by Gasteiger charge is 2.06. The van der Waals surface area contributed by atoms with E-state index in [2.05, 4.69) is 10.5 Å². The zero-order chi connectivity index (χ0) is 15.4. The molecule has 0 bridgehead atoms. The van der Waals surface area contributed by atoms with Crippen molar-refractivity contribution in [1.82, 2.24) is 15.0 Å². The molecule has 0 unspecified atom stereocenters. The molecule has 0 aliphatic rings. The van der Waals surface area contributed by atoms with Crippen molar-refractivity contribution in [1.29, 1.82) is 0 Å². The molecule has 0 radical (unpaired) electrons. The minimum absolute atomic E-state index is 0.0840. The zero-order valence-electron chi connectivity index (χ0n) is 12.3. The van der Waals surface area contributed by atoms with E-state index in [1.807, 2.05) is 66.3 Å². The first-order chi connectivity index (χ1) is 10.7. The number of aromatic nitrogens is 2. The summed E-state index contributed by atoms with van der Waals surface area (Å²) < 4.78 is 6.98. The number of aryl methyl sites for hydroxylation is 1. The topological polar surface area (TPSA) is 60.1 Å². The maximum atomic E-state index is 12.1. The lowest BCUT2D eigenvalue weighted by molar-refractivity contribution is 0.0954. The molecule has 0 saturated carbocycles. The molecule has 112 valence electrons. The second-order valence-electron chi connectivity index (χ2n) is 5.07. The van der Waals surface area contributed by atoms with Gasteiger partial charge in [-0.05, 0) is 43.3 Å². The van der Waals surface area contributed by atoms with Crippen molar-refractivity contribution in [3.63, 3.8) is 0 Å². The molecule has 0 fully saturated rings. The average Bonchev–Trinajstić information content (AvgIpc) is 3.19. The largest absolute Gasteiger partial charge is 0.361 e. The van der Waals surface area contributed by atoms with E-state index in [9.17, 15) is 4.79 Å². The van der Waals surface area contributed by atoms with Crippen LogP contribution in [0.5, 0.6) is 0 Å². The third-order valence-corrected chi connectivity index (χ3v) is 3.38. The van der Waals surface area contributed by atoms with Gasteiger partial charge in [0.2, 0.25) is 0 Å². The van der Waals surface area contributed by atoms with E-state index in [1.165, 1.54) is 0 Å². The van der Waals surface area contributed by atoms with Crippen LogP contribution >= 0.6 is 0 Å². The Balaban J connectivity index is 1.56. The molecule has 3 rings (SSSR count). The van der Waals surface area contributed by atoms with Crippen molar-refractivity contribution in [3.05, 3.63) is 71.9 Å². The molecule has 5 heteroatoms. The Morgan fingerprint density at radius 2 is 1.95 bits per heavy atom. The fraction of sp³-hybridized carbons (Fsp3) is 0.176. The van der Waals surface area contributed by atoms with Gasteiger partial charge in [0.25, 0.3) is 5.91 Å². The van der Waals surface area contributed by atoms with Gasteiger partial charge in [0.1, 0.15) is 5.76 Å². The van der Waals surface area contributed by atoms with Crippen molar-refractivity contribution in [2.45, 2.75) is 13.3 Å². The average molecular weight is 295 g/mol. The van der Waals surface area contributed by atoms with E-state index < -0.39 is 0 Å². The molecule has 5 nitrogen and oxygen atoms in total. The van der Waals surface area contributed by atoms with Crippen LogP contribution in [0.25, 0.3) is 5.69 Å². The molecule has 0 aliphatic carbocycles. The highest BCUT2D eigenvalue weighted by atomic mass is 16.5. The number of nitrogens with zero attached hydrogens (tertiary/aromatic N) is 2. The molecule has 0 atom stereocenters. The SMILES string of the molecule is Cc1cc(CCNC(=O)c2ccc(-n3cccc3)cc2)no1. The summed E-state index contributed by atoms with van der Waals surface area (Å²) in [6.45, 7) is 2.38. The van der Waals surface area contributed by atoms with Crippen LogP contribution in [-0.4, -0.2) is 22.2 Å². The first kappa shape index (κ1) is 14.1. The van der Waals surface area contributed by atoms with Gasteiger partial charge in [-0.3, -0.25) is 4.79 Å². The predicted octanol–water partition coefficient (Wildman–Crippen LogP) is 2.75. The molecule has 2 aromatic heterocycles. The van der Waals surface area contributed by atoms with Gasteiger partial charge in [0, 0.05) is 42.7 Å². The summed E-state index contributed by atoms with van der Waals surface area (Å²) in [6.07, 6.45) is 4.59. The molecular weight excluding hydrogens is 278 g/mol. The van der Waals surface area contributed by atoms with Gasteiger partial charge in [-0.15, -0.1) is 0 Å². The smallest absolute Gasteiger partial charge is 0.251 e. The van der Waals surface area contributed by atoms with Gasteiger partial charge >= 0.3 is 0 Å². The summed E-state index contributed by atoms with van der Waals surface area (Å²) in [5.74, 6) is 0.696. The second kappa shape index (κ2) is 6.30. The second-order valence-corrected chi connectivity index (χ2v) is 5.07. The van der Waals surface area contributed by atoms with Crippen LogP contribution in [0.2, 0.25) is 0 Å². The number of benzene rings is 1. The maximum Gasteiger partial charge on any atom is 0.251 e. The van der Waals surface area contributed by atoms with E-state index in [1.54, 1.807) is 0 Å². The summed E-state index contributed by atoms with van der Waals surface area (Å²) >= 11 is 0.